The maximum absolute atomic E-state index is 13.8. The summed E-state index contributed by atoms with van der Waals surface area (Å²) in [6, 6.07) is 18.7. The van der Waals surface area contributed by atoms with Crippen molar-refractivity contribution < 1.29 is 14.3 Å². The van der Waals surface area contributed by atoms with Crippen LogP contribution in [0.1, 0.15) is 13.8 Å². The van der Waals surface area contributed by atoms with Gasteiger partial charge in [-0.15, -0.1) is 0 Å². The summed E-state index contributed by atoms with van der Waals surface area (Å²) in [5.74, 6) is 1.22. The number of nitrogens with two attached hydrogens (primary N) is 1. The molecule has 4 aromatic rings. The lowest BCUT2D eigenvalue weighted by molar-refractivity contribution is -0.133. The monoisotopic (exact) mass is 594 g/mol. The standard InChI is InChI=1S/C32H34N8O4/c1-32(2,38-12-14-43-15-13-38)16-23(17-33)30(41)37-18-22(19-37)20-39-29-27(28(34)35-21-36-29)40(31(39)42)24-8-10-26(11-9-24)44-25-6-4-3-5-7-25/h3-11,16,21-22H,12-15,18-20H2,1-2H3,(H2,34,35,36)/b23-16-. The highest BCUT2D eigenvalue weighted by molar-refractivity contribution is 5.98. The second-order valence-electron chi connectivity index (χ2n) is 11.6. The molecule has 2 fully saturated rings. The predicted molar refractivity (Wildman–Crippen MR) is 164 cm³/mol. The van der Waals surface area contributed by atoms with E-state index in [2.05, 4.69) is 20.9 Å². The summed E-state index contributed by atoms with van der Waals surface area (Å²) in [7, 11) is 0. The molecular weight excluding hydrogens is 560 g/mol. The molecular formula is C32H34N8O4. The third kappa shape index (κ3) is 5.67. The SMILES string of the molecule is CC(C)(/C=C(/C#N)C(=O)N1CC(Cn2c(=O)n(-c3ccc(Oc4ccccc4)cc3)c3c(N)ncnc32)C1)N1CCOCC1. The average molecular weight is 595 g/mol. The summed E-state index contributed by atoms with van der Waals surface area (Å²) in [5, 5.41) is 9.82. The number of nitrogens with zero attached hydrogens (tertiary/aromatic N) is 7. The van der Waals surface area contributed by atoms with Crippen LogP contribution in [0.4, 0.5) is 5.82 Å². The molecule has 2 aliphatic rings. The number of anilines is 1. The van der Waals surface area contributed by atoms with Crippen LogP contribution in [0.5, 0.6) is 11.5 Å². The van der Waals surface area contributed by atoms with Gasteiger partial charge in [-0.1, -0.05) is 18.2 Å². The first-order valence-corrected chi connectivity index (χ1v) is 14.6. The second kappa shape index (κ2) is 11.9. The molecule has 1 amide bonds. The van der Waals surface area contributed by atoms with Gasteiger partial charge in [-0.3, -0.25) is 18.8 Å². The highest BCUT2D eigenvalue weighted by atomic mass is 16.5. The van der Waals surface area contributed by atoms with Crippen LogP contribution >= 0.6 is 0 Å². The van der Waals surface area contributed by atoms with Gasteiger partial charge in [0.1, 0.15) is 35.0 Å². The van der Waals surface area contributed by atoms with E-state index < -0.39 is 5.54 Å². The van der Waals surface area contributed by atoms with Gasteiger partial charge in [0, 0.05) is 44.2 Å². The predicted octanol–water partition coefficient (Wildman–Crippen LogP) is 2.98. The van der Waals surface area contributed by atoms with Gasteiger partial charge >= 0.3 is 5.69 Å². The van der Waals surface area contributed by atoms with Gasteiger partial charge in [0.05, 0.1) is 18.9 Å². The smallest absolute Gasteiger partial charge is 0.335 e. The van der Waals surface area contributed by atoms with Gasteiger partial charge in [-0.25, -0.2) is 14.8 Å². The summed E-state index contributed by atoms with van der Waals surface area (Å²) in [6.07, 6.45) is 3.09. The van der Waals surface area contributed by atoms with Gasteiger partial charge in [-0.05, 0) is 56.3 Å². The number of rotatable bonds is 8. The zero-order valence-electron chi connectivity index (χ0n) is 24.7. The molecule has 226 valence electrons. The third-order valence-electron chi connectivity index (χ3n) is 8.17. The normalized spacial score (nSPS) is 16.5. The molecule has 2 saturated heterocycles. The number of nitriles is 1. The second-order valence-corrected chi connectivity index (χ2v) is 11.6. The fraction of sp³-hybridized carbons (Fsp3) is 0.344. The first-order chi connectivity index (χ1) is 21.2. The Hall–Kier alpha value is -4.99. The van der Waals surface area contributed by atoms with Crippen LogP contribution in [-0.2, 0) is 16.1 Å². The highest BCUT2D eigenvalue weighted by Crippen LogP contribution is 2.27. The van der Waals surface area contributed by atoms with E-state index in [0.717, 1.165) is 13.1 Å². The minimum absolute atomic E-state index is 0.000680. The zero-order valence-corrected chi connectivity index (χ0v) is 24.7. The minimum Gasteiger partial charge on any atom is -0.457 e. The number of fused-ring (bicyclic) bond motifs is 1. The largest absolute Gasteiger partial charge is 0.457 e. The number of para-hydroxylation sites is 1. The van der Waals surface area contributed by atoms with Crippen LogP contribution < -0.4 is 16.2 Å². The van der Waals surface area contributed by atoms with E-state index in [0.29, 0.717) is 61.2 Å². The number of carbonyl (C=O) groups is 1. The Morgan fingerprint density at radius 1 is 1.09 bits per heavy atom. The van der Waals surface area contributed by atoms with E-state index in [-0.39, 0.29) is 28.9 Å². The van der Waals surface area contributed by atoms with E-state index in [1.54, 1.807) is 39.8 Å². The fourth-order valence-electron chi connectivity index (χ4n) is 5.80. The lowest BCUT2D eigenvalue weighted by Crippen LogP contribution is -2.53. The van der Waals surface area contributed by atoms with Crippen molar-refractivity contribution >= 4 is 22.9 Å². The molecule has 2 aliphatic heterocycles. The maximum Gasteiger partial charge on any atom is 0.335 e. The van der Waals surface area contributed by atoms with E-state index in [9.17, 15) is 14.9 Å². The Bertz CT molecular complexity index is 1790. The van der Waals surface area contributed by atoms with Gasteiger partial charge < -0.3 is 20.1 Å². The Labute approximate surface area is 254 Å². The van der Waals surface area contributed by atoms with Crippen molar-refractivity contribution in [2.75, 3.05) is 45.1 Å². The molecule has 6 rings (SSSR count). The van der Waals surface area contributed by atoms with Crippen molar-refractivity contribution in [2.24, 2.45) is 5.92 Å². The highest BCUT2D eigenvalue weighted by Gasteiger charge is 2.35. The quantitative estimate of drug-likeness (QED) is 0.240. The van der Waals surface area contributed by atoms with Crippen LogP contribution in [0, 0.1) is 17.2 Å². The van der Waals surface area contributed by atoms with Gasteiger partial charge in [0.25, 0.3) is 5.91 Å². The summed E-state index contributed by atoms with van der Waals surface area (Å²) < 4.78 is 14.4. The number of morpholine rings is 1. The number of amides is 1. The number of benzene rings is 2. The molecule has 44 heavy (non-hydrogen) atoms. The number of likely N-dealkylation sites (tertiary alicyclic amines) is 1. The number of hydrogen-bond donors (Lipinski definition) is 1. The minimum atomic E-state index is -0.463. The van der Waals surface area contributed by atoms with Crippen molar-refractivity contribution in [2.45, 2.75) is 25.9 Å². The number of carbonyl (C=O) groups excluding carboxylic acids is 1. The van der Waals surface area contributed by atoms with Crippen molar-refractivity contribution in [3.63, 3.8) is 0 Å². The summed E-state index contributed by atoms with van der Waals surface area (Å²) in [6.45, 7) is 7.91. The van der Waals surface area contributed by atoms with Crippen molar-refractivity contribution in [3.05, 3.63) is 83.1 Å². The third-order valence-corrected chi connectivity index (χ3v) is 8.17. The van der Waals surface area contributed by atoms with Crippen LogP contribution in [0.25, 0.3) is 16.9 Å². The van der Waals surface area contributed by atoms with Crippen LogP contribution in [0.15, 0.2) is 77.4 Å². The van der Waals surface area contributed by atoms with Gasteiger partial charge in [0.2, 0.25) is 0 Å². The molecule has 0 atom stereocenters. The van der Waals surface area contributed by atoms with Crippen molar-refractivity contribution in [3.8, 4) is 23.3 Å². The molecule has 0 radical (unpaired) electrons. The Morgan fingerprint density at radius 2 is 1.77 bits per heavy atom. The molecule has 2 aromatic heterocycles. The summed E-state index contributed by atoms with van der Waals surface area (Å²) >= 11 is 0. The first-order valence-electron chi connectivity index (χ1n) is 14.6. The molecule has 4 heterocycles. The molecule has 0 spiro atoms. The van der Waals surface area contributed by atoms with Gasteiger partial charge in [-0.2, -0.15) is 5.26 Å². The van der Waals surface area contributed by atoms with Crippen LogP contribution in [0.2, 0.25) is 0 Å². The first kappa shape index (κ1) is 29.1. The number of aromatic nitrogens is 4. The molecule has 0 saturated carbocycles. The maximum atomic E-state index is 13.8. The van der Waals surface area contributed by atoms with Crippen molar-refractivity contribution in [1.29, 1.82) is 5.26 Å². The van der Waals surface area contributed by atoms with Crippen LogP contribution in [-0.4, -0.2) is 79.7 Å². The number of hydrogen-bond acceptors (Lipinski definition) is 9. The molecule has 12 heteroatoms. The van der Waals surface area contributed by atoms with E-state index in [4.69, 9.17) is 15.2 Å². The van der Waals surface area contributed by atoms with Crippen LogP contribution in [0.3, 0.4) is 0 Å². The number of nitrogen functional groups attached to an aromatic ring is 1. The lowest BCUT2D eigenvalue weighted by Gasteiger charge is -2.41. The lowest BCUT2D eigenvalue weighted by atomic mass is 9.95. The molecule has 0 aliphatic carbocycles. The summed E-state index contributed by atoms with van der Waals surface area (Å²) in [4.78, 5) is 39.4. The van der Waals surface area contributed by atoms with E-state index in [1.807, 2.05) is 44.2 Å². The molecule has 12 nitrogen and oxygen atoms in total. The Balaban J connectivity index is 1.19. The zero-order chi connectivity index (χ0) is 30.8. The fourth-order valence-corrected chi connectivity index (χ4v) is 5.80. The van der Waals surface area contributed by atoms with Crippen molar-refractivity contribution in [1.82, 2.24) is 28.9 Å². The summed E-state index contributed by atoms with van der Waals surface area (Å²) in [5.41, 5.74) is 7.03. The Morgan fingerprint density at radius 3 is 2.45 bits per heavy atom. The van der Waals surface area contributed by atoms with E-state index >= 15 is 0 Å². The molecule has 2 N–H and O–H groups in total. The van der Waals surface area contributed by atoms with Gasteiger partial charge in [0.15, 0.2) is 11.5 Å². The number of imidazole rings is 1. The average Bonchev–Trinajstić information content (AvgIpc) is 3.30. The number of ether oxygens (including phenoxy) is 2. The van der Waals surface area contributed by atoms with E-state index in [1.165, 1.54) is 10.9 Å². The topological polar surface area (TPSA) is 145 Å². The Kier molecular flexibility index (Phi) is 7.90. The molecule has 0 unspecified atom stereocenters. The molecule has 0 bridgehead atoms. The molecule has 2 aromatic carbocycles.